The van der Waals surface area contributed by atoms with E-state index >= 15 is 0 Å². The van der Waals surface area contributed by atoms with Gasteiger partial charge in [0.1, 0.15) is 5.00 Å². The van der Waals surface area contributed by atoms with Crippen LogP contribution < -0.4 is 5.32 Å². The largest absolute Gasteiger partial charge is 0.342 e. The molecule has 5 heteroatoms. The number of fused-ring (bicyclic) bond motifs is 2. The Morgan fingerprint density at radius 1 is 0.917 bits per heavy atom. The summed E-state index contributed by atoms with van der Waals surface area (Å²) >= 11 is 1.67. The Morgan fingerprint density at radius 2 is 1.64 bits per heavy atom. The van der Waals surface area contributed by atoms with Crippen LogP contribution in [-0.2, 0) is 19.4 Å². The number of aryl methyl sites for hydroxylation is 1. The number of aromatic nitrogens is 1. The molecule has 0 saturated heterocycles. The van der Waals surface area contributed by atoms with Crippen molar-refractivity contribution in [1.82, 2.24) is 4.57 Å². The lowest BCUT2D eigenvalue weighted by Crippen LogP contribution is -2.14. The number of aliphatic imine (C=N–C) groups is 1. The first-order chi connectivity index (χ1) is 17.8. The van der Waals surface area contributed by atoms with Crippen molar-refractivity contribution in [1.29, 1.82) is 0 Å². The van der Waals surface area contributed by atoms with Gasteiger partial charge in [0.2, 0.25) is 0 Å². The molecule has 5 aromatic rings. The zero-order chi connectivity index (χ0) is 24.3. The number of rotatable bonds is 6. The fourth-order valence-electron chi connectivity index (χ4n) is 5.01. The van der Waals surface area contributed by atoms with Crippen LogP contribution in [-0.4, -0.2) is 16.7 Å². The molecule has 0 atom stereocenters. The van der Waals surface area contributed by atoms with Crippen molar-refractivity contribution in [3.63, 3.8) is 0 Å². The van der Waals surface area contributed by atoms with E-state index in [1.165, 1.54) is 27.9 Å². The number of nitrogens with one attached hydrogen (secondary N) is 1. The predicted octanol–water partition coefficient (Wildman–Crippen LogP) is 7.63. The lowest BCUT2D eigenvalue weighted by molar-refractivity contribution is 0.102. The molecular weight excluding hydrogens is 462 g/mol. The van der Waals surface area contributed by atoms with E-state index in [1.807, 2.05) is 42.6 Å². The lowest BCUT2D eigenvalue weighted by Gasteiger charge is -2.12. The van der Waals surface area contributed by atoms with Gasteiger partial charge in [-0.05, 0) is 55.0 Å². The van der Waals surface area contributed by atoms with E-state index in [1.54, 1.807) is 11.3 Å². The van der Waals surface area contributed by atoms with Crippen LogP contribution >= 0.6 is 11.3 Å². The molecule has 4 nitrogen and oxygen atoms in total. The molecule has 0 aliphatic heterocycles. The molecule has 1 amide bonds. The highest BCUT2D eigenvalue weighted by molar-refractivity contribution is 7.16. The monoisotopic (exact) mass is 489 g/mol. The first-order valence-electron chi connectivity index (χ1n) is 12.4. The number of para-hydroxylation sites is 2. The van der Waals surface area contributed by atoms with Crippen molar-refractivity contribution in [3.05, 3.63) is 118 Å². The van der Waals surface area contributed by atoms with Gasteiger partial charge in [0.25, 0.3) is 5.91 Å². The number of carbonyl (C=O) groups is 1. The van der Waals surface area contributed by atoms with E-state index in [2.05, 4.69) is 64.6 Å². The normalized spacial score (nSPS) is 13.2. The Kier molecular flexibility index (Phi) is 6.22. The Morgan fingerprint density at radius 3 is 2.47 bits per heavy atom. The van der Waals surface area contributed by atoms with Crippen molar-refractivity contribution >= 4 is 45.0 Å². The molecule has 2 aromatic heterocycles. The van der Waals surface area contributed by atoms with Gasteiger partial charge in [-0.15, -0.1) is 11.3 Å². The number of hydrogen-bond donors (Lipinski definition) is 1. The van der Waals surface area contributed by atoms with Crippen LogP contribution in [0.2, 0.25) is 0 Å². The number of amides is 1. The van der Waals surface area contributed by atoms with Gasteiger partial charge in [0, 0.05) is 46.0 Å². The number of thiophene rings is 1. The minimum Gasteiger partial charge on any atom is -0.342 e. The Balaban J connectivity index is 1.36. The van der Waals surface area contributed by atoms with E-state index in [-0.39, 0.29) is 5.91 Å². The molecule has 36 heavy (non-hydrogen) atoms. The van der Waals surface area contributed by atoms with E-state index in [4.69, 9.17) is 4.99 Å². The van der Waals surface area contributed by atoms with E-state index in [0.29, 0.717) is 0 Å². The molecular formula is C31H27N3OS. The molecule has 1 aliphatic rings. The number of carbonyl (C=O) groups excluding carboxylic acids is 1. The number of benzene rings is 3. The van der Waals surface area contributed by atoms with Gasteiger partial charge in [-0.25, -0.2) is 4.99 Å². The molecule has 0 saturated carbocycles. The summed E-state index contributed by atoms with van der Waals surface area (Å²) in [6, 6.07) is 28.6. The van der Waals surface area contributed by atoms with E-state index in [9.17, 15) is 4.79 Å². The zero-order valence-corrected chi connectivity index (χ0v) is 20.8. The van der Waals surface area contributed by atoms with Gasteiger partial charge in [-0.1, -0.05) is 66.7 Å². The SMILES string of the molecule is O=C(Nc1ccccc1)c1c(/N=C/c2cn(Cc3ccccc3)c3ccccc23)sc2c1CCCC2. The molecule has 178 valence electrons. The molecule has 2 heterocycles. The van der Waals surface area contributed by atoms with Crippen molar-refractivity contribution < 1.29 is 4.79 Å². The second kappa shape index (κ2) is 9.96. The van der Waals surface area contributed by atoms with Gasteiger partial charge in [0.15, 0.2) is 0 Å². The highest BCUT2D eigenvalue weighted by Crippen LogP contribution is 2.40. The van der Waals surface area contributed by atoms with Crippen molar-refractivity contribution in [2.24, 2.45) is 4.99 Å². The highest BCUT2D eigenvalue weighted by atomic mass is 32.1. The van der Waals surface area contributed by atoms with Gasteiger partial charge >= 0.3 is 0 Å². The third-order valence-electron chi connectivity index (χ3n) is 6.75. The van der Waals surface area contributed by atoms with E-state index in [0.717, 1.165) is 53.0 Å². The van der Waals surface area contributed by atoms with Crippen LogP contribution in [0, 0.1) is 0 Å². The van der Waals surface area contributed by atoms with Crippen LogP contribution in [0.15, 0.2) is 96.1 Å². The average Bonchev–Trinajstić information content (AvgIpc) is 3.47. The number of anilines is 1. The molecule has 3 aromatic carbocycles. The second-order valence-electron chi connectivity index (χ2n) is 9.18. The smallest absolute Gasteiger partial charge is 0.259 e. The summed E-state index contributed by atoms with van der Waals surface area (Å²) in [5.74, 6) is -0.0701. The fourth-order valence-corrected chi connectivity index (χ4v) is 6.24. The van der Waals surface area contributed by atoms with E-state index < -0.39 is 0 Å². The number of hydrogen-bond acceptors (Lipinski definition) is 3. The van der Waals surface area contributed by atoms with Gasteiger partial charge in [-0.3, -0.25) is 4.79 Å². The van der Waals surface area contributed by atoms with Gasteiger partial charge in [0.05, 0.1) is 5.56 Å². The second-order valence-corrected chi connectivity index (χ2v) is 10.3. The minimum absolute atomic E-state index is 0.0701. The van der Waals surface area contributed by atoms with Crippen molar-refractivity contribution in [2.45, 2.75) is 32.2 Å². The minimum atomic E-state index is -0.0701. The summed E-state index contributed by atoms with van der Waals surface area (Å²) in [6.07, 6.45) is 8.35. The lowest BCUT2D eigenvalue weighted by atomic mass is 9.95. The standard InChI is InChI=1S/C31H27N3OS/c35-30(33-24-13-5-2-6-14-24)29-26-16-8-10-18-28(26)36-31(29)32-19-23-21-34(20-22-11-3-1-4-12-22)27-17-9-7-15-25(23)27/h1-7,9,11-15,17,19,21H,8,10,16,18,20H2,(H,33,35)/b32-19+. The van der Waals surface area contributed by atoms with Gasteiger partial charge < -0.3 is 9.88 Å². The summed E-state index contributed by atoms with van der Waals surface area (Å²) in [6.45, 7) is 0.799. The average molecular weight is 490 g/mol. The fraction of sp³-hybridized carbons (Fsp3) is 0.161. The zero-order valence-electron chi connectivity index (χ0n) is 20.0. The third-order valence-corrected chi connectivity index (χ3v) is 7.95. The Labute approximate surface area is 214 Å². The maximum absolute atomic E-state index is 13.4. The summed E-state index contributed by atoms with van der Waals surface area (Å²) in [5.41, 5.74) is 6.21. The highest BCUT2D eigenvalue weighted by Gasteiger charge is 2.25. The van der Waals surface area contributed by atoms with Gasteiger partial charge in [-0.2, -0.15) is 0 Å². The van der Waals surface area contributed by atoms with Crippen molar-refractivity contribution in [2.75, 3.05) is 5.32 Å². The molecule has 1 aliphatic carbocycles. The molecule has 1 N–H and O–H groups in total. The van der Waals surface area contributed by atoms with Crippen LogP contribution in [0.25, 0.3) is 10.9 Å². The molecule has 0 fully saturated rings. The number of nitrogens with zero attached hydrogens (tertiary/aromatic N) is 2. The molecule has 6 rings (SSSR count). The molecule has 0 radical (unpaired) electrons. The molecule has 0 bridgehead atoms. The summed E-state index contributed by atoms with van der Waals surface area (Å²) in [7, 11) is 0. The van der Waals surface area contributed by atoms with Crippen LogP contribution in [0.4, 0.5) is 10.7 Å². The molecule has 0 unspecified atom stereocenters. The first kappa shape index (κ1) is 22.5. The topological polar surface area (TPSA) is 46.4 Å². The maximum atomic E-state index is 13.4. The quantitative estimate of drug-likeness (QED) is 0.245. The predicted molar refractivity (Wildman–Crippen MR) is 150 cm³/mol. The summed E-state index contributed by atoms with van der Waals surface area (Å²) < 4.78 is 2.27. The Bertz CT molecular complexity index is 1550. The molecule has 0 spiro atoms. The van der Waals surface area contributed by atoms with Crippen molar-refractivity contribution in [3.8, 4) is 0 Å². The first-order valence-corrected chi connectivity index (χ1v) is 13.2. The third kappa shape index (κ3) is 4.50. The van der Waals surface area contributed by atoms with Crippen LogP contribution in [0.1, 0.15) is 44.8 Å². The van der Waals surface area contributed by atoms with Crippen LogP contribution in [0.3, 0.4) is 0 Å². The summed E-state index contributed by atoms with van der Waals surface area (Å²) in [4.78, 5) is 19.7. The summed E-state index contributed by atoms with van der Waals surface area (Å²) in [5, 5.41) is 5.05. The maximum Gasteiger partial charge on any atom is 0.259 e. The Hall–Kier alpha value is -3.96. The van der Waals surface area contributed by atoms with Crippen LogP contribution in [0.5, 0.6) is 0 Å².